The molecular weight excluding hydrogens is 242 g/mol. The summed E-state index contributed by atoms with van der Waals surface area (Å²) in [5, 5.41) is 6.23. The maximum atomic E-state index is 11.9. The van der Waals surface area contributed by atoms with Gasteiger partial charge < -0.3 is 16.4 Å². The molecule has 2 rings (SSSR count). The van der Waals surface area contributed by atoms with Gasteiger partial charge >= 0.3 is 0 Å². The first-order chi connectivity index (χ1) is 8.18. The fourth-order valence-corrected chi connectivity index (χ4v) is 1.95. The number of hydrogen-bond donors (Lipinski definition) is 3. The van der Waals surface area contributed by atoms with E-state index in [1.807, 2.05) is 0 Å². The van der Waals surface area contributed by atoms with Gasteiger partial charge in [-0.1, -0.05) is 11.6 Å². The summed E-state index contributed by atoms with van der Waals surface area (Å²) in [7, 11) is 0. The largest absolute Gasteiger partial charge is 0.382 e. The van der Waals surface area contributed by atoms with Crippen LogP contribution in [0.5, 0.6) is 0 Å². The minimum atomic E-state index is -0.295. The Morgan fingerprint density at radius 3 is 2.88 bits per heavy atom. The smallest absolute Gasteiger partial charge is 0.271 e. The van der Waals surface area contributed by atoms with Crippen LogP contribution in [0.4, 0.5) is 5.82 Å². The predicted molar refractivity (Wildman–Crippen MR) is 64.8 cm³/mol. The van der Waals surface area contributed by atoms with Gasteiger partial charge in [0, 0.05) is 6.04 Å². The van der Waals surface area contributed by atoms with E-state index in [9.17, 15) is 4.79 Å². The molecule has 0 unspecified atom stereocenters. The highest BCUT2D eigenvalue weighted by molar-refractivity contribution is 6.35. The SMILES string of the molecule is Nc1ncnc(C(=O)NC2CCNCC2)c1Cl. The van der Waals surface area contributed by atoms with Crippen molar-refractivity contribution in [1.29, 1.82) is 0 Å². The van der Waals surface area contributed by atoms with Gasteiger partial charge in [-0.3, -0.25) is 4.79 Å². The molecule has 6 nitrogen and oxygen atoms in total. The number of carbonyl (C=O) groups is 1. The molecule has 0 spiro atoms. The van der Waals surface area contributed by atoms with Gasteiger partial charge in [-0.05, 0) is 25.9 Å². The van der Waals surface area contributed by atoms with Gasteiger partial charge in [0.2, 0.25) is 0 Å². The summed E-state index contributed by atoms with van der Waals surface area (Å²) in [6.45, 7) is 1.81. The molecule has 1 aromatic rings. The highest BCUT2D eigenvalue weighted by Gasteiger charge is 2.20. The molecule has 0 saturated carbocycles. The lowest BCUT2D eigenvalue weighted by Crippen LogP contribution is -2.43. The second-order valence-electron chi connectivity index (χ2n) is 3.92. The summed E-state index contributed by atoms with van der Waals surface area (Å²) in [5.41, 5.74) is 5.66. The van der Waals surface area contributed by atoms with Crippen LogP contribution in [0.15, 0.2) is 6.33 Å². The van der Waals surface area contributed by atoms with Crippen LogP contribution in [-0.4, -0.2) is 35.0 Å². The fourth-order valence-electron chi connectivity index (χ4n) is 1.76. The standard InChI is InChI=1S/C10H14ClN5O/c11-7-8(14-5-15-9(7)12)10(17)16-6-1-3-13-4-2-6/h5-6,13H,1-4H2,(H,16,17)(H2,12,14,15). The van der Waals surface area contributed by atoms with Gasteiger partial charge in [0.15, 0.2) is 5.69 Å². The van der Waals surface area contributed by atoms with Crippen molar-refractivity contribution in [2.45, 2.75) is 18.9 Å². The summed E-state index contributed by atoms with van der Waals surface area (Å²) in [4.78, 5) is 19.5. The monoisotopic (exact) mass is 255 g/mol. The highest BCUT2D eigenvalue weighted by atomic mass is 35.5. The van der Waals surface area contributed by atoms with Crippen molar-refractivity contribution in [2.24, 2.45) is 0 Å². The first kappa shape index (κ1) is 12.1. The summed E-state index contributed by atoms with van der Waals surface area (Å²) in [6, 6.07) is 0.163. The number of rotatable bonds is 2. The lowest BCUT2D eigenvalue weighted by molar-refractivity contribution is 0.0924. The maximum Gasteiger partial charge on any atom is 0.271 e. The van der Waals surface area contributed by atoms with Crippen molar-refractivity contribution in [3.63, 3.8) is 0 Å². The quantitative estimate of drug-likeness (QED) is 0.702. The van der Waals surface area contributed by atoms with E-state index in [1.165, 1.54) is 6.33 Å². The zero-order chi connectivity index (χ0) is 12.3. The van der Waals surface area contributed by atoms with E-state index in [0.29, 0.717) is 0 Å². The van der Waals surface area contributed by atoms with Crippen LogP contribution in [0.1, 0.15) is 23.3 Å². The lowest BCUT2D eigenvalue weighted by Gasteiger charge is -2.23. The van der Waals surface area contributed by atoms with E-state index in [0.717, 1.165) is 25.9 Å². The maximum absolute atomic E-state index is 11.9. The topological polar surface area (TPSA) is 92.9 Å². The van der Waals surface area contributed by atoms with Crippen LogP contribution in [0.25, 0.3) is 0 Å². The summed E-state index contributed by atoms with van der Waals surface area (Å²) in [5.74, 6) is -0.173. The van der Waals surface area contributed by atoms with Crippen molar-refractivity contribution >= 4 is 23.3 Å². The Kier molecular flexibility index (Phi) is 3.75. The number of halogens is 1. The number of nitrogen functional groups attached to an aromatic ring is 1. The zero-order valence-electron chi connectivity index (χ0n) is 9.24. The second-order valence-corrected chi connectivity index (χ2v) is 4.30. The third kappa shape index (κ3) is 2.83. The van der Waals surface area contributed by atoms with Gasteiger partial charge in [0.05, 0.1) is 0 Å². The Hall–Kier alpha value is -1.40. The number of piperidine rings is 1. The number of nitrogens with zero attached hydrogens (tertiary/aromatic N) is 2. The van der Waals surface area contributed by atoms with E-state index in [-0.39, 0.29) is 28.5 Å². The summed E-state index contributed by atoms with van der Waals surface area (Å²) >= 11 is 5.88. The Bertz CT molecular complexity index is 419. The molecular formula is C10H14ClN5O. The van der Waals surface area contributed by atoms with Crippen LogP contribution < -0.4 is 16.4 Å². The van der Waals surface area contributed by atoms with Crippen LogP contribution >= 0.6 is 11.6 Å². The second kappa shape index (κ2) is 5.29. The molecule has 92 valence electrons. The average Bonchev–Trinajstić information content (AvgIpc) is 2.34. The molecule has 4 N–H and O–H groups in total. The highest BCUT2D eigenvalue weighted by Crippen LogP contribution is 2.18. The van der Waals surface area contributed by atoms with E-state index in [2.05, 4.69) is 20.6 Å². The fraction of sp³-hybridized carbons (Fsp3) is 0.500. The first-order valence-electron chi connectivity index (χ1n) is 5.46. The number of amides is 1. The predicted octanol–water partition coefficient (Wildman–Crippen LogP) is 0.194. The minimum Gasteiger partial charge on any atom is -0.382 e. The molecule has 0 bridgehead atoms. The molecule has 1 fully saturated rings. The van der Waals surface area contributed by atoms with E-state index >= 15 is 0 Å². The van der Waals surface area contributed by atoms with E-state index in [1.54, 1.807) is 0 Å². The third-order valence-electron chi connectivity index (χ3n) is 2.71. The van der Waals surface area contributed by atoms with E-state index < -0.39 is 0 Å². The summed E-state index contributed by atoms with van der Waals surface area (Å²) < 4.78 is 0. The molecule has 1 saturated heterocycles. The molecule has 17 heavy (non-hydrogen) atoms. The molecule has 2 heterocycles. The van der Waals surface area contributed by atoms with Crippen LogP contribution in [-0.2, 0) is 0 Å². The number of nitrogens with one attached hydrogen (secondary N) is 2. The average molecular weight is 256 g/mol. The molecule has 1 aliphatic heterocycles. The summed E-state index contributed by atoms with van der Waals surface area (Å²) in [6.07, 6.45) is 3.05. The van der Waals surface area contributed by atoms with Crippen molar-refractivity contribution in [2.75, 3.05) is 18.8 Å². The van der Waals surface area contributed by atoms with Crippen molar-refractivity contribution in [3.05, 3.63) is 17.0 Å². The van der Waals surface area contributed by atoms with Gasteiger partial charge in [-0.25, -0.2) is 9.97 Å². The number of carbonyl (C=O) groups excluding carboxylic acids is 1. The molecule has 0 aromatic carbocycles. The Morgan fingerprint density at radius 2 is 2.18 bits per heavy atom. The molecule has 0 radical (unpaired) electrons. The lowest BCUT2D eigenvalue weighted by atomic mass is 10.1. The van der Waals surface area contributed by atoms with Gasteiger partial charge in [0.25, 0.3) is 5.91 Å². The Balaban J connectivity index is 2.06. The van der Waals surface area contributed by atoms with Crippen LogP contribution in [0, 0.1) is 0 Å². The number of hydrogen-bond acceptors (Lipinski definition) is 5. The minimum absolute atomic E-state index is 0.110. The molecule has 0 aliphatic carbocycles. The van der Waals surface area contributed by atoms with Gasteiger partial charge in [0.1, 0.15) is 17.2 Å². The third-order valence-corrected chi connectivity index (χ3v) is 3.08. The normalized spacial score (nSPS) is 16.8. The van der Waals surface area contributed by atoms with E-state index in [4.69, 9.17) is 17.3 Å². The number of aromatic nitrogens is 2. The van der Waals surface area contributed by atoms with Crippen molar-refractivity contribution in [1.82, 2.24) is 20.6 Å². The van der Waals surface area contributed by atoms with Gasteiger partial charge in [-0.2, -0.15) is 0 Å². The number of nitrogens with two attached hydrogens (primary N) is 1. The van der Waals surface area contributed by atoms with Crippen molar-refractivity contribution in [3.8, 4) is 0 Å². The van der Waals surface area contributed by atoms with Crippen molar-refractivity contribution < 1.29 is 4.79 Å². The molecule has 7 heteroatoms. The molecule has 0 atom stereocenters. The molecule has 1 aliphatic rings. The zero-order valence-corrected chi connectivity index (χ0v) is 10.00. The Morgan fingerprint density at radius 1 is 1.47 bits per heavy atom. The van der Waals surface area contributed by atoms with Crippen LogP contribution in [0.3, 0.4) is 0 Å². The molecule has 1 aromatic heterocycles. The first-order valence-corrected chi connectivity index (χ1v) is 5.84. The number of anilines is 1. The molecule has 1 amide bonds. The Labute approximate surface area is 104 Å². The van der Waals surface area contributed by atoms with Crippen LogP contribution in [0.2, 0.25) is 5.02 Å². The van der Waals surface area contributed by atoms with Gasteiger partial charge in [-0.15, -0.1) is 0 Å².